The Bertz CT molecular complexity index is 316. The molecule has 1 saturated heterocycles. The van der Waals surface area contributed by atoms with Crippen LogP contribution in [0.2, 0.25) is 0 Å². The molecule has 0 bridgehead atoms. The predicted octanol–water partition coefficient (Wildman–Crippen LogP) is 0.744. The van der Waals surface area contributed by atoms with Gasteiger partial charge < -0.3 is 4.74 Å². The molecule has 0 N–H and O–H groups in total. The van der Waals surface area contributed by atoms with Crippen molar-refractivity contribution in [1.82, 2.24) is 4.90 Å². The summed E-state index contributed by atoms with van der Waals surface area (Å²) in [6.07, 6.45) is 3.63. The number of piperidine rings is 1. The molecule has 94 valence electrons. The lowest BCUT2D eigenvalue weighted by Gasteiger charge is -2.25. The third-order valence-electron chi connectivity index (χ3n) is 2.87. The molecule has 0 spiro atoms. The first kappa shape index (κ1) is 13.7. The van der Waals surface area contributed by atoms with Crippen molar-refractivity contribution >= 4 is 11.8 Å². The number of nitriles is 1. The summed E-state index contributed by atoms with van der Waals surface area (Å²) in [6, 6.07) is 1.65. The highest BCUT2D eigenvalue weighted by Gasteiger charge is 2.24. The minimum Gasteiger partial charge on any atom is -0.463 e. The minimum atomic E-state index is -1.27. The smallest absolute Gasteiger partial charge is 0.331 e. The zero-order valence-electron chi connectivity index (χ0n) is 10.1. The Morgan fingerprint density at radius 1 is 1.35 bits per heavy atom. The molecule has 0 aromatic rings. The fraction of sp³-hybridized carbons (Fsp3) is 0.750. The minimum absolute atomic E-state index is 0.254. The van der Waals surface area contributed by atoms with Crippen molar-refractivity contribution in [3.63, 3.8) is 0 Å². The monoisotopic (exact) mass is 238 g/mol. The van der Waals surface area contributed by atoms with Gasteiger partial charge in [0.05, 0.1) is 6.07 Å². The molecule has 5 nitrogen and oxygen atoms in total. The molecule has 0 amide bonds. The molecular formula is C12H18N2O3. The average Bonchev–Trinajstić information content (AvgIpc) is 2.30. The molecule has 0 saturated carbocycles. The van der Waals surface area contributed by atoms with Crippen LogP contribution in [0.15, 0.2) is 0 Å². The van der Waals surface area contributed by atoms with Gasteiger partial charge in [0.1, 0.15) is 6.61 Å². The maximum Gasteiger partial charge on any atom is 0.331 e. The second-order valence-electron chi connectivity index (χ2n) is 4.24. The number of ether oxygens (including phenoxy) is 1. The number of Topliss-reactive ketones (excluding diaryl/α,β-unsaturated/α-hetero) is 1. The van der Waals surface area contributed by atoms with Crippen molar-refractivity contribution in [1.29, 1.82) is 5.26 Å². The van der Waals surface area contributed by atoms with E-state index in [1.807, 2.05) is 0 Å². The second kappa shape index (κ2) is 7.02. The van der Waals surface area contributed by atoms with E-state index in [1.165, 1.54) is 26.2 Å². The van der Waals surface area contributed by atoms with Crippen LogP contribution in [0.3, 0.4) is 0 Å². The third kappa shape index (κ3) is 4.53. The number of ketones is 1. The van der Waals surface area contributed by atoms with Crippen molar-refractivity contribution in [3.8, 4) is 6.07 Å². The summed E-state index contributed by atoms with van der Waals surface area (Å²) in [6.45, 7) is 4.23. The van der Waals surface area contributed by atoms with Crippen LogP contribution in [0.4, 0.5) is 0 Å². The van der Waals surface area contributed by atoms with E-state index >= 15 is 0 Å². The number of rotatable bonds is 5. The Labute approximate surface area is 101 Å². The number of carbonyl (C=O) groups is 2. The van der Waals surface area contributed by atoms with E-state index in [-0.39, 0.29) is 6.61 Å². The Balaban J connectivity index is 2.23. The van der Waals surface area contributed by atoms with Gasteiger partial charge in [-0.15, -0.1) is 0 Å². The maximum atomic E-state index is 11.4. The van der Waals surface area contributed by atoms with E-state index in [4.69, 9.17) is 10.00 Å². The number of likely N-dealkylation sites (tertiary alicyclic amines) is 1. The van der Waals surface area contributed by atoms with Crippen LogP contribution < -0.4 is 0 Å². The van der Waals surface area contributed by atoms with Crippen LogP contribution in [0.5, 0.6) is 0 Å². The molecule has 5 heteroatoms. The topological polar surface area (TPSA) is 70.4 Å². The SMILES string of the molecule is CC(=O)C(C#N)C(=O)OCCN1CCCCC1. The van der Waals surface area contributed by atoms with E-state index in [0.29, 0.717) is 6.54 Å². The van der Waals surface area contributed by atoms with Gasteiger partial charge in [-0.2, -0.15) is 5.26 Å². The van der Waals surface area contributed by atoms with E-state index in [2.05, 4.69) is 4.90 Å². The van der Waals surface area contributed by atoms with Gasteiger partial charge in [0.2, 0.25) is 5.92 Å². The zero-order valence-corrected chi connectivity index (χ0v) is 10.1. The fourth-order valence-corrected chi connectivity index (χ4v) is 1.85. The molecule has 0 aromatic heterocycles. The zero-order chi connectivity index (χ0) is 12.7. The van der Waals surface area contributed by atoms with Crippen LogP contribution in [-0.4, -0.2) is 42.9 Å². The lowest BCUT2D eigenvalue weighted by atomic mass is 10.1. The second-order valence-corrected chi connectivity index (χ2v) is 4.24. The number of carbonyl (C=O) groups excluding carboxylic acids is 2. The van der Waals surface area contributed by atoms with Crippen LogP contribution >= 0.6 is 0 Å². The maximum absolute atomic E-state index is 11.4. The summed E-state index contributed by atoms with van der Waals surface area (Å²) < 4.78 is 4.94. The lowest BCUT2D eigenvalue weighted by Crippen LogP contribution is -2.34. The molecular weight excluding hydrogens is 220 g/mol. The van der Waals surface area contributed by atoms with Crippen molar-refractivity contribution in [3.05, 3.63) is 0 Å². The highest BCUT2D eigenvalue weighted by Crippen LogP contribution is 2.08. The van der Waals surface area contributed by atoms with Gasteiger partial charge in [0.15, 0.2) is 5.78 Å². The van der Waals surface area contributed by atoms with Crippen LogP contribution in [-0.2, 0) is 14.3 Å². The summed E-state index contributed by atoms with van der Waals surface area (Å²) in [5.41, 5.74) is 0. The summed E-state index contributed by atoms with van der Waals surface area (Å²) >= 11 is 0. The van der Waals surface area contributed by atoms with Gasteiger partial charge >= 0.3 is 5.97 Å². The average molecular weight is 238 g/mol. The fourth-order valence-electron chi connectivity index (χ4n) is 1.85. The summed E-state index contributed by atoms with van der Waals surface area (Å²) in [7, 11) is 0. The molecule has 1 rings (SSSR count). The first-order valence-electron chi connectivity index (χ1n) is 5.94. The molecule has 1 fully saturated rings. The number of nitrogens with zero attached hydrogens (tertiary/aromatic N) is 2. The van der Waals surface area contributed by atoms with Crippen LogP contribution in [0.1, 0.15) is 26.2 Å². The van der Waals surface area contributed by atoms with Crippen LogP contribution in [0, 0.1) is 17.2 Å². The molecule has 0 aliphatic carbocycles. The first-order valence-corrected chi connectivity index (χ1v) is 5.94. The van der Waals surface area contributed by atoms with Crippen LogP contribution in [0.25, 0.3) is 0 Å². The molecule has 1 aliphatic rings. The van der Waals surface area contributed by atoms with Gasteiger partial charge in [0.25, 0.3) is 0 Å². The summed E-state index contributed by atoms with van der Waals surface area (Å²) in [5, 5.41) is 8.63. The first-order chi connectivity index (χ1) is 8.15. The predicted molar refractivity (Wildman–Crippen MR) is 61.0 cm³/mol. The van der Waals surface area contributed by atoms with Gasteiger partial charge in [-0.05, 0) is 32.9 Å². The van der Waals surface area contributed by atoms with Crippen molar-refractivity contribution < 1.29 is 14.3 Å². The van der Waals surface area contributed by atoms with E-state index in [0.717, 1.165) is 13.1 Å². The molecule has 1 unspecified atom stereocenters. The van der Waals surface area contributed by atoms with Gasteiger partial charge in [-0.25, -0.2) is 0 Å². The molecule has 0 aromatic carbocycles. The molecule has 0 radical (unpaired) electrons. The molecule has 17 heavy (non-hydrogen) atoms. The Hall–Kier alpha value is -1.41. The number of hydrogen-bond acceptors (Lipinski definition) is 5. The number of hydrogen-bond donors (Lipinski definition) is 0. The summed E-state index contributed by atoms with van der Waals surface area (Å²) in [4.78, 5) is 24.5. The van der Waals surface area contributed by atoms with E-state index < -0.39 is 17.7 Å². The summed E-state index contributed by atoms with van der Waals surface area (Å²) in [5.74, 6) is -2.45. The quantitative estimate of drug-likeness (QED) is 0.522. The van der Waals surface area contributed by atoms with Crippen molar-refractivity contribution in [2.45, 2.75) is 26.2 Å². The van der Waals surface area contributed by atoms with E-state index in [9.17, 15) is 9.59 Å². The van der Waals surface area contributed by atoms with Crippen molar-refractivity contribution in [2.24, 2.45) is 5.92 Å². The number of esters is 1. The van der Waals surface area contributed by atoms with Crippen molar-refractivity contribution in [2.75, 3.05) is 26.2 Å². The molecule has 1 heterocycles. The van der Waals surface area contributed by atoms with Gasteiger partial charge in [0, 0.05) is 6.54 Å². The largest absolute Gasteiger partial charge is 0.463 e. The normalized spacial score (nSPS) is 18.1. The highest BCUT2D eigenvalue weighted by atomic mass is 16.5. The molecule has 1 aliphatic heterocycles. The van der Waals surface area contributed by atoms with E-state index in [1.54, 1.807) is 6.07 Å². The van der Waals surface area contributed by atoms with Gasteiger partial charge in [-0.3, -0.25) is 14.5 Å². The van der Waals surface area contributed by atoms with Gasteiger partial charge in [-0.1, -0.05) is 6.42 Å². The Kier molecular flexibility index (Phi) is 5.64. The Morgan fingerprint density at radius 2 is 2.00 bits per heavy atom. The Morgan fingerprint density at radius 3 is 2.53 bits per heavy atom. The molecule has 1 atom stereocenters. The lowest BCUT2D eigenvalue weighted by molar-refractivity contribution is -0.149. The standard InChI is InChI=1S/C12H18N2O3/c1-10(15)11(9-13)12(16)17-8-7-14-5-3-2-4-6-14/h11H,2-8H2,1H3. The highest BCUT2D eigenvalue weighted by molar-refractivity contribution is 6.00. The third-order valence-corrected chi connectivity index (χ3v) is 2.87.